The zero-order chi connectivity index (χ0) is 15.3. The Hall–Kier alpha value is -1.66. The van der Waals surface area contributed by atoms with Crippen LogP contribution in [0, 0.1) is 11.8 Å². The number of hydrogen-bond acceptors (Lipinski definition) is 4. The van der Waals surface area contributed by atoms with Crippen molar-refractivity contribution >= 4 is 11.9 Å². The van der Waals surface area contributed by atoms with Gasteiger partial charge in [0.25, 0.3) is 0 Å². The minimum Gasteiger partial charge on any atom is -0.477 e. The highest BCUT2D eigenvalue weighted by atomic mass is 16.4. The van der Waals surface area contributed by atoms with E-state index in [1.807, 2.05) is 6.08 Å². The molecule has 0 aromatic heterocycles. The maximum atomic E-state index is 12.2. The Labute approximate surface area is 123 Å². The van der Waals surface area contributed by atoms with Crippen LogP contribution >= 0.6 is 0 Å². The Morgan fingerprint density at radius 2 is 2.29 bits per heavy atom. The molecule has 21 heavy (non-hydrogen) atoms. The van der Waals surface area contributed by atoms with Gasteiger partial charge in [-0.25, -0.2) is 4.79 Å². The number of likely N-dealkylation sites (tertiary alicyclic amines) is 1. The molecule has 1 amide bonds. The Kier molecular flexibility index (Phi) is 3.37. The van der Waals surface area contributed by atoms with Crippen molar-refractivity contribution in [3.63, 3.8) is 0 Å². The summed E-state index contributed by atoms with van der Waals surface area (Å²) in [6.45, 7) is 7.59. The predicted molar refractivity (Wildman–Crippen MR) is 75.2 cm³/mol. The largest absolute Gasteiger partial charge is 0.477 e. The average molecular weight is 292 g/mol. The van der Waals surface area contributed by atoms with Crippen molar-refractivity contribution in [2.45, 2.75) is 25.5 Å². The first-order chi connectivity index (χ1) is 9.97. The Bertz CT molecular complexity index is 540. The molecule has 2 saturated heterocycles. The van der Waals surface area contributed by atoms with Gasteiger partial charge in [0.15, 0.2) is 0 Å². The van der Waals surface area contributed by atoms with E-state index in [0.717, 1.165) is 25.2 Å². The van der Waals surface area contributed by atoms with Crippen molar-refractivity contribution in [3.05, 3.63) is 23.9 Å². The van der Waals surface area contributed by atoms with Gasteiger partial charge in [-0.05, 0) is 18.9 Å². The van der Waals surface area contributed by atoms with Gasteiger partial charge in [-0.1, -0.05) is 6.08 Å². The third-order valence-corrected chi connectivity index (χ3v) is 4.86. The number of carboxylic acid groups (broad SMARTS) is 1. The smallest absolute Gasteiger partial charge is 0.352 e. The number of β-lactam (4-membered cyclic amide) rings is 1. The van der Waals surface area contributed by atoms with Crippen molar-refractivity contribution < 1.29 is 19.8 Å². The summed E-state index contributed by atoms with van der Waals surface area (Å²) in [6.07, 6.45) is 1.74. The second-order valence-corrected chi connectivity index (χ2v) is 6.05. The van der Waals surface area contributed by atoms with Crippen LogP contribution < -0.4 is 0 Å². The first kappa shape index (κ1) is 14.3. The molecule has 0 bridgehead atoms. The first-order valence-corrected chi connectivity index (χ1v) is 7.28. The van der Waals surface area contributed by atoms with Gasteiger partial charge < -0.3 is 15.1 Å². The van der Waals surface area contributed by atoms with Crippen molar-refractivity contribution in [1.29, 1.82) is 0 Å². The van der Waals surface area contributed by atoms with Crippen molar-refractivity contribution in [2.75, 3.05) is 19.6 Å². The number of aliphatic hydroxyl groups excluding tert-OH is 1. The van der Waals surface area contributed by atoms with Crippen LogP contribution in [0.2, 0.25) is 0 Å². The number of nitrogens with zero attached hydrogens (tertiary/aromatic N) is 2. The fourth-order valence-electron chi connectivity index (χ4n) is 4.01. The standard InChI is InChI=1S/C15H20N2O4/c1-3-5-16-6-4-9-10(7-16)12-11(8(2)18)14(19)17(12)13(9)15(20)21/h3,8,10-12,18H,1,4-7H2,2H3,(H,20,21)/t8-,10+,11-,12-/m1/s1. The quantitative estimate of drug-likeness (QED) is 0.565. The summed E-state index contributed by atoms with van der Waals surface area (Å²) in [5, 5.41) is 19.3. The van der Waals surface area contributed by atoms with Crippen LogP contribution in [-0.2, 0) is 9.59 Å². The predicted octanol–water partition coefficient (Wildman–Crippen LogP) is 0.0544. The molecular weight excluding hydrogens is 272 g/mol. The van der Waals surface area contributed by atoms with E-state index in [1.165, 1.54) is 4.90 Å². The van der Waals surface area contributed by atoms with Gasteiger partial charge >= 0.3 is 5.97 Å². The van der Waals surface area contributed by atoms with Gasteiger partial charge in [0.05, 0.1) is 18.1 Å². The van der Waals surface area contributed by atoms with Crippen LogP contribution in [0.3, 0.4) is 0 Å². The van der Waals surface area contributed by atoms with Crippen LogP contribution in [0.15, 0.2) is 23.9 Å². The van der Waals surface area contributed by atoms with E-state index in [2.05, 4.69) is 11.5 Å². The van der Waals surface area contributed by atoms with Crippen LogP contribution in [0.1, 0.15) is 13.3 Å². The molecule has 3 aliphatic rings. The van der Waals surface area contributed by atoms with E-state index in [-0.39, 0.29) is 23.6 Å². The number of carboxylic acids is 1. The number of amides is 1. The third-order valence-electron chi connectivity index (χ3n) is 4.86. The molecule has 4 atom stereocenters. The number of aliphatic hydroxyl groups is 1. The lowest BCUT2D eigenvalue weighted by molar-refractivity contribution is -0.163. The minimum absolute atomic E-state index is 0.0158. The molecule has 2 N–H and O–H groups in total. The van der Waals surface area contributed by atoms with E-state index < -0.39 is 18.0 Å². The lowest BCUT2D eigenvalue weighted by Crippen LogP contribution is -2.65. The second kappa shape index (κ2) is 4.96. The molecule has 6 heteroatoms. The average Bonchev–Trinajstić information content (AvgIpc) is 2.69. The number of aliphatic carboxylic acids is 1. The maximum absolute atomic E-state index is 12.2. The van der Waals surface area contributed by atoms with Gasteiger partial charge in [0.2, 0.25) is 5.91 Å². The molecule has 0 spiro atoms. The van der Waals surface area contributed by atoms with Crippen LogP contribution in [0.25, 0.3) is 0 Å². The number of carbonyl (C=O) groups is 2. The molecule has 0 saturated carbocycles. The number of hydrogen-bond donors (Lipinski definition) is 2. The molecule has 3 rings (SSSR count). The molecule has 2 fully saturated rings. The van der Waals surface area contributed by atoms with E-state index in [9.17, 15) is 19.8 Å². The van der Waals surface area contributed by atoms with Gasteiger partial charge in [-0.2, -0.15) is 0 Å². The van der Waals surface area contributed by atoms with Crippen molar-refractivity contribution in [1.82, 2.24) is 9.80 Å². The Morgan fingerprint density at radius 1 is 1.57 bits per heavy atom. The highest BCUT2D eigenvalue weighted by Crippen LogP contribution is 2.49. The van der Waals surface area contributed by atoms with Crippen LogP contribution in [-0.4, -0.2) is 63.7 Å². The normalized spacial score (nSPS) is 33.3. The fourth-order valence-corrected chi connectivity index (χ4v) is 4.01. The summed E-state index contributed by atoms with van der Waals surface area (Å²) in [4.78, 5) is 27.3. The number of fused-ring (bicyclic) bond motifs is 3. The van der Waals surface area contributed by atoms with E-state index in [1.54, 1.807) is 6.92 Å². The highest BCUT2D eigenvalue weighted by molar-refractivity contribution is 6.00. The molecule has 3 heterocycles. The summed E-state index contributed by atoms with van der Waals surface area (Å²) in [5.41, 5.74) is 1.02. The monoisotopic (exact) mass is 292 g/mol. The van der Waals surface area contributed by atoms with E-state index in [0.29, 0.717) is 6.42 Å². The maximum Gasteiger partial charge on any atom is 0.352 e. The number of carbonyl (C=O) groups excluding carboxylic acids is 1. The van der Waals surface area contributed by atoms with Gasteiger partial charge in [0.1, 0.15) is 5.70 Å². The zero-order valence-electron chi connectivity index (χ0n) is 12.0. The Morgan fingerprint density at radius 3 is 2.86 bits per heavy atom. The van der Waals surface area contributed by atoms with Gasteiger partial charge in [0, 0.05) is 25.6 Å². The molecule has 3 aliphatic heterocycles. The zero-order valence-corrected chi connectivity index (χ0v) is 12.0. The van der Waals surface area contributed by atoms with Crippen LogP contribution in [0.4, 0.5) is 0 Å². The molecule has 0 aromatic rings. The summed E-state index contributed by atoms with van der Waals surface area (Å²) >= 11 is 0. The molecule has 0 aliphatic carbocycles. The summed E-state index contributed by atoms with van der Waals surface area (Å²) in [5.74, 6) is -1.76. The molecule has 114 valence electrons. The Balaban J connectivity index is 1.93. The fraction of sp³-hybridized carbons (Fsp3) is 0.600. The molecule has 0 radical (unpaired) electrons. The lowest BCUT2D eigenvalue weighted by Gasteiger charge is -2.48. The summed E-state index contributed by atoms with van der Waals surface area (Å²) in [7, 11) is 0. The summed E-state index contributed by atoms with van der Waals surface area (Å²) in [6, 6.07) is -0.203. The third kappa shape index (κ3) is 1.93. The molecular formula is C15H20N2O4. The molecule has 0 aromatic carbocycles. The first-order valence-electron chi connectivity index (χ1n) is 7.28. The van der Waals surface area contributed by atoms with Crippen LogP contribution in [0.5, 0.6) is 0 Å². The number of rotatable bonds is 4. The number of piperidine rings is 1. The SMILES string of the molecule is C=CCN1CCC2=C(C(=O)O)N3C(=O)[C@H]([C@@H](C)O)[C@H]3[C@H]2C1. The highest BCUT2D eigenvalue weighted by Gasteiger charge is 2.61. The van der Waals surface area contributed by atoms with Gasteiger partial charge in [-0.3, -0.25) is 9.69 Å². The van der Waals surface area contributed by atoms with Gasteiger partial charge in [-0.15, -0.1) is 6.58 Å². The van der Waals surface area contributed by atoms with E-state index >= 15 is 0 Å². The minimum atomic E-state index is -1.04. The van der Waals surface area contributed by atoms with Crippen molar-refractivity contribution in [2.24, 2.45) is 11.8 Å². The second-order valence-electron chi connectivity index (χ2n) is 6.05. The molecule has 0 unspecified atom stereocenters. The molecule has 6 nitrogen and oxygen atoms in total. The lowest BCUT2D eigenvalue weighted by atomic mass is 9.75. The summed E-state index contributed by atoms with van der Waals surface area (Å²) < 4.78 is 0. The van der Waals surface area contributed by atoms with Crippen molar-refractivity contribution in [3.8, 4) is 0 Å². The topological polar surface area (TPSA) is 81.1 Å². The van der Waals surface area contributed by atoms with E-state index in [4.69, 9.17) is 0 Å².